The van der Waals surface area contributed by atoms with E-state index in [4.69, 9.17) is 4.98 Å². The van der Waals surface area contributed by atoms with Crippen molar-refractivity contribution in [3.05, 3.63) is 35.0 Å². The lowest BCUT2D eigenvalue weighted by molar-refractivity contribution is -0.118. The second-order valence-corrected chi connectivity index (χ2v) is 12.2. The number of rotatable bonds is 4. The Morgan fingerprint density at radius 1 is 0.778 bits per heavy atom. The molecule has 10 nitrogen and oxygen atoms in total. The molecule has 6 rings (SSSR count). The number of hydrogen-bond acceptors (Lipinski definition) is 8. The number of anilines is 3. The van der Waals surface area contributed by atoms with Gasteiger partial charge in [-0.05, 0) is 50.1 Å². The maximum atomic E-state index is 13.6. The highest BCUT2D eigenvalue weighted by Gasteiger charge is 2.35. The number of carbonyl (C=O) groups is 1. The smallest absolute Gasteiger partial charge is 0.243 e. The largest absolute Gasteiger partial charge is 0.354 e. The van der Waals surface area contributed by atoms with E-state index in [1.54, 1.807) is 16.4 Å². The van der Waals surface area contributed by atoms with Gasteiger partial charge in [0.2, 0.25) is 21.9 Å². The molecule has 0 saturated carbocycles. The number of aromatic nitrogens is 2. The zero-order valence-electron chi connectivity index (χ0n) is 21.0. The van der Waals surface area contributed by atoms with Gasteiger partial charge < -0.3 is 19.6 Å². The Kier molecular flexibility index (Phi) is 5.88. The van der Waals surface area contributed by atoms with Gasteiger partial charge in [-0.3, -0.25) is 4.79 Å². The van der Waals surface area contributed by atoms with Crippen LogP contribution in [0.4, 0.5) is 17.5 Å². The van der Waals surface area contributed by atoms with Gasteiger partial charge >= 0.3 is 0 Å². The molecule has 5 heterocycles. The van der Waals surface area contributed by atoms with Crippen LogP contribution in [0.5, 0.6) is 0 Å². The number of carbonyl (C=O) groups excluding carboxylic acids is 1. The first-order valence-electron chi connectivity index (χ1n) is 12.8. The first-order valence-corrected chi connectivity index (χ1v) is 14.2. The summed E-state index contributed by atoms with van der Waals surface area (Å²) in [7, 11) is -1.48. The van der Waals surface area contributed by atoms with E-state index in [2.05, 4.69) is 26.7 Å². The van der Waals surface area contributed by atoms with Gasteiger partial charge in [0.25, 0.3) is 0 Å². The van der Waals surface area contributed by atoms with Crippen LogP contribution >= 0.6 is 0 Å². The minimum Gasteiger partial charge on any atom is -0.354 e. The van der Waals surface area contributed by atoms with Crippen LogP contribution in [0.3, 0.4) is 0 Å². The number of piperazine rings is 2. The van der Waals surface area contributed by atoms with Gasteiger partial charge in [-0.25, -0.2) is 13.4 Å². The predicted molar refractivity (Wildman–Crippen MR) is 138 cm³/mol. The molecule has 2 aromatic rings. The molecule has 11 heteroatoms. The first-order chi connectivity index (χ1) is 17.3. The summed E-state index contributed by atoms with van der Waals surface area (Å²) in [6.45, 7) is 8.40. The number of amides is 1. The van der Waals surface area contributed by atoms with Crippen molar-refractivity contribution >= 4 is 33.4 Å². The number of hydrogen-bond donors (Lipinski definition) is 0. The van der Waals surface area contributed by atoms with Crippen molar-refractivity contribution in [2.24, 2.45) is 0 Å². The molecule has 1 amide bonds. The molecule has 1 aromatic carbocycles. The number of benzene rings is 1. The highest BCUT2D eigenvalue weighted by Crippen LogP contribution is 2.39. The Morgan fingerprint density at radius 3 is 2.17 bits per heavy atom. The number of nitrogens with zero attached hydrogens (tertiary/aromatic N) is 7. The predicted octanol–water partition coefficient (Wildman–Crippen LogP) is 0.883. The zero-order chi connectivity index (χ0) is 25.0. The van der Waals surface area contributed by atoms with Crippen LogP contribution in [0, 0.1) is 6.92 Å². The quantitative estimate of drug-likeness (QED) is 0.598. The highest BCUT2D eigenvalue weighted by atomic mass is 32.2. The van der Waals surface area contributed by atoms with E-state index in [1.807, 2.05) is 17.9 Å². The number of aryl methyl sites for hydroxylation is 2. The molecule has 2 saturated heterocycles. The third-order valence-corrected chi connectivity index (χ3v) is 9.72. The van der Waals surface area contributed by atoms with Crippen molar-refractivity contribution < 1.29 is 13.2 Å². The van der Waals surface area contributed by atoms with Crippen molar-refractivity contribution in [1.29, 1.82) is 0 Å². The van der Waals surface area contributed by atoms with E-state index in [-0.39, 0.29) is 5.91 Å². The Hall–Kier alpha value is -2.76. The second-order valence-electron chi connectivity index (χ2n) is 10.2. The average molecular weight is 512 g/mol. The van der Waals surface area contributed by atoms with Crippen molar-refractivity contribution in [3.8, 4) is 0 Å². The van der Waals surface area contributed by atoms with Gasteiger partial charge in [0.15, 0.2) is 0 Å². The van der Waals surface area contributed by atoms with E-state index in [0.717, 1.165) is 54.5 Å². The SMILES string of the molecule is Cc1cc(N2CCN(C)CC2)nc(N2CCN(S(=O)(=O)c3cc4c5c(c3)CCN5C(=O)CC4)CC2)n1. The Balaban J connectivity index is 1.18. The lowest BCUT2D eigenvalue weighted by atomic mass is 10.00. The lowest BCUT2D eigenvalue weighted by Gasteiger charge is -2.36. The molecule has 192 valence electrons. The van der Waals surface area contributed by atoms with Crippen molar-refractivity contribution in [2.75, 3.05) is 80.7 Å². The van der Waals surface area contributed by atoms with Crippen LogP contribution in [-0.4, -0.2) is 99.4 Å². The summed E-state index contributed by atoms with van der Waals surface area (Å²) in [5.41, 5.74) is 3.82. The van der Waals surface area contributed by atoms with Gasteiger partial charge in [-0.2, -0.15) is 9.29 Å². The summed E-state index contributed by atoms with van der Waals surface area (Å²) in [5, 5.41) is 0. The monoisotopic (exact) mass is 511 g/mol. The molecule has 0 aliphatic carbocycles. The Morgan fingerprint density at radius 2 is 1.44 bits per heavy atom. The van der Waals surface area contributed by atoms with E-state index >= 15 is 0 Å². The molecule has 4 aliphatic heterocycles. The van der Waals surface area contributed by atoms with Crippen LogP contribution in [0.1, 0.15) is 23.2 Å². The maximum Gasteiger partial charge on any atom is 0.243 e. The fourth-order valence-electron chi connectivity index (χ4n) is 5.73. The molecule has 0 bridgehead atoms. The maximum absolute atomic E-state index is 13.6. The second kappa shape index (κ2) is 8.97. The summed E-state index contributed by atoms with van der Waals surface area (Å²) in [6, 6.07) is 5.60. The normalized spacial score (nSPS) is 21.3. The minimum absolute atomic E-state index is 0.141. The summed E-state index contributed by atoms with van der Waals surface area (Å²) >= 11 is 0. The summed E-state index contributed by atoms with van der Waals surface area (Å²) in [5.74, 6) is 1.76. The van der Waals surface area contributed by atoms with E-state index in [1.165, 1.54) is 0 Å². The van der Waals surface area contributed by atoms with Crippen LogP contribution in [0.25, 0.3) is 0 Å². The molecule has 0 N–H and O–H groups in total. The Bertz CT molecular complexity index is 1300. The van der Waals surface area contributed by atoms with Crippen LogP contribution < -0.4 is 14.7 Å². The molecular weight excluding hydrogens is 478 g/mol. The topological polar surface area (TPSA) is 93.2 Å². The summed E-state index contributed by atoms with van der Waals surface area (Å²) in [4.78, 5) is 30.6. The molecule has 0 spiro atoms. The van der Waals surface area contributed by atoms with Gasteiger partial charge in [-0.15, -0.1) is 0 Å². The van der Waals surface area contributed by atoms with Crippen LogP contribution in [0.2, 0.25) is 0 Å². The third-order valence-electron chi connectivity index (χ3n) is 7.84. The standard InChI is InChI=1S/C25H33N7O3S/c1-18-15-22(29-9-7-28(2)8-10-29)27-25(26-18)30-11-13-31(14-12-30)36(34,35)21-16-19-3-4-23(33)32-6-5-20(17-21)24(19)32/h15-17H,3-14H2,1-2H3. The van der Waals surface area contributed by atoms with E-state index < -0.39 is 10.0 Å². The van der Waals surface area contributed by atoms with E-state index in [0.29, 0.717) is 62.8 Å². The fraction of sp³-hybridized carbons (Fsp3) is 0.560. The zero-order valence-corrected chi connectivity index (χ0v) is 21.8. The highest BCUT2D eigenvalue weighted by molar-refractivity contribution is 7.89. The van der Waals surface area contributed by atoms with Crippen molar-refractivity contribution in [2.45, 2.75) is 31.1 Å². The molecule has 0 radical (unpaired) electrons. The molecular formula is C25H33N7O3S. The summed E-state index contributed by atoms with van der Waals surface area (Å²) < 4.78 is 28.8. The number of sulfonamides is 1. The van der Waals surface area contributed by atoms with Gasteiger partial charge in [-0.1, -0.05) is 0 Å². The molecule has 0 atom stereocenters. The third kappa shape index (κ3) is 4.12. The molecule has 0 unspecified atom stereocenters. The molecule has 1 aromatic heterocycles. The Labute approximate surface area is 212 Å². The van der Waals surface area contributed by atoms with Crippen molar-refractivity contribution in [3.63, 3.8) is 0 Å². The summed E-state index contributed by atoms with van der Waals surface area (Å²) in [6.07, 6.45) is 1.77. The van der Waals surface area contributed by atoms with Crippen molar-refractivity contribution in [1.82, 2.24) is 19.2 Å². The van der Waals surface area contributed by atoms with E-state index in [9.17, 15) is 13.2 Å². The lowest BCUT2D eigenvalue weighted by Crippen LogP contribution is -2.49. The van der Waals surface area contributed by atoms with Gasteiger partial charge in [0.1, 0.15) is 5.82 Å². The first kappa shape index (κ1) is 23.6. The molecule has 4 aliphatic rings. The molecule has 36 heavy (non-hydrogen) atoms. The fourth-order valence-corrected chi connectivity index (χ4v) is 7.25. The number of likely N-dealkylation sites (N-methyl/N-ethyl adjacent to an activating group) is 1. The van der Waals surface area contributed by atoms with Crippen LogP contribution in [0.15, 0.2) is 23.1 Å². The van der Waals surface area contributed by atoms with Crippen LogP contribution in [-0.2, 0) is 27.7 Å². The minimum atomic E-state index is -3.62. The molecule has 2 fully saturated rings. The van der Waals surface area contributed by atoms with Gasteiger partial charge in [0, 0.05) is 77.1 Å². The average Bonchev–Trinajstić information content (AvgIpc) is 3.32. The van der Waals surface area contributed by atoms with Gasteiger partial charge in [0.05, 0.1) is 10.6 Å².